The predicted molar refractivity (Wildman–Crippen MR) is 195 cm³/mol. The zero-order chi connectivity index (χ0) is 36.1. The number of amides is 3. The molecular weight excluding hydrogens is 634 g/mol. The van der Waals surface area contributed by atoms with Gasteiger partial charge in [0.2, 0.25) is 17.7 Å². The maximum Gasteiger partial charge on any atom is 0.326 e. The number of hydrogen-bond donors (Lipinski definition) is 3. The van der Waals surface area contributed by atoms with Gasteiger partial charge in [0.1, 0.15) is 17.8 Å². The Morgan fingerprint density at radius 1 is 0.700 bits per heavy atom. The number of carbonyl (C=O) groups excluding carboxylic acids is 4. The van der Waals surface area contributed by atoms with Crippen LogP contribution in [0.3, 0.4) is 0 Å². The van der Waals surface area contributed by atoms with Gasteiger partial charge in [0.05, 0.1) is 6.04 Å². The van der Waals surface area contributed by atoms with Crippen molar-refractivity contribution in [3.63, 3.8) is 0 Å². The molecule has 0 saturated carbocycles. The van der Waals surface area contributed by atoms with Crippen molar-refractivity contribution < 1.29 is 34.2 Å². The number of hydrogen-bond acceptors (Lipinski definition) is 6. The number of nitrogens with zero attached hydrogens (tertiary/aromatic N) is 2. The van der Waals surface area contributed by atoms with E-state index in [4.69, 9.17) is 0 Å². The summed E-state index contributed by atoms with van der Waals surface area (Å²) in [5.41, 5.74) is 0.640. The number of ketones is 1. The van der Waals surface area contributed by atoms with Crippen molar-refractivity contribution in [2.45, 2.75) is 173 Å². The first-order valence-electron chi connectivity index (χ1n) is 19.6. The number of likely N-dealkylation sites (tertiary alicyclic amines) is 2. The highest BCUT2D eigenvalue weighted by Gasteiger charge is 2.41. The summed E-state index contributed by atoms with van der Waals surface area (Å²) in [6.45, 7) is 3.27. The molecule has 0 aromatic heterocycles. The number of carboxylic acid groups (broad SMARTS) is 1. The molecule has 280 valence electrons. The number of carboxylic acids is 1. The van der Waals surface area contributed by atoms with Gasteiger partial charge in [-0.05, 0) is 49.8 Å². The molecule has 3 rings (SSSR count). The van der Waals surface area contributed by atoms with Gasteiger partial charge in [-0.3, -0.25) is 19.2 Å². The van der Waals surface area contributed by atoms with Crippen molar-refractivity contribution in [2.75, 3.05) is 13.1 Å². The van der Waals surface area contributed by atoms with E-state index in [-0.39, 0.29) is 42.6 Å². The number of carbonyl (C=O) groups is 5. The second kappa shape index (κ2) is 23.1. The van der Waals surface area contributed by atoms with Crippen molar-refractivity contribution in [3.8, 4) is 5.75 Å². The first-order valence-corrected chi connectivity index (χ1v) is 19.6. The molecule has 10 heteroatoms. The minimum absolute atomic E-state index is 0.0228. The van der Waals surface area contributed by atoms with E-state index in [0.29, 0.717) is 44.3 Å². The maximum atomic E-state index is 13.7. The minimum Gasteiger partial charge on any atom is -0.508 e. The Balaban J connectivity index is 1.32. The van der Waals surface area contributed by atoms with Crippen molar-refractivity contribution in [2.24, 2.45) is 0 Å². The molecule has 1 aromatic rings. The Bertz CT molecular complexity index is 1200. The van der Waals surface area contributed by atoms with Crippen LogP contribution in [0, 0.1) is 0 Å². The van der Waals surface area contributed by atoms with Gasteiger partial charge in [-0.25, -0.2) is 4.79 Å². The lowest BCUT2D eigenvalue weighted by Crippen LogP contribution is -2.51. The Morgan fingerprint density at radius 2 is 1.22 bits per heavy atom. The monoisotopic (exact) mass is 697 g/mol. The van der Waals surface area contributed by atoms with Gasteiger partial charge in [-0.2, -0.15) is 0 Å². The molecule has 3 amide bonds. The molecule has 0 aliphatic carbocycles. The van der Waals surface area contributed by atoms with Crippen molar-refractivity contribution in [1.82, 2.24) is 15.1 Å². The summed E-state index contributed by atoms with van der Waals surface area (Å²) in [5.74, 6) is -2.05. The summed E-state index contributed by atoms with van der Waals surface area (Å²) < 4.78 is 0. The van der Waals surface area contributed by atoms with E-state index in [9.17, 15) is 34.2 Å². The summed E-state index contributed by atoms with van der Waals surface area (Å²) in [7, 11) is 0. The number of aliphatic carboxylic acids is 1. The first-order chi connectivity index (χ1) is 24.2. The Hall–Kier alpha value is -3.43. The van der Waals surface area contributed by atoms with Crippen LogP contribution in [0.25, 0.3) is 0 Å². The Labute approximate surface area is 299 Å². The van der Waals surface area contributed by atoms with Crippen LogP contribution >= 0.6 is 0 Å². The van der Waals surface area contributed by atoms with E-state index >= 15 is 0 Å². The lowest BCUT2D eigenvalue weighted by molar-refractivity contribution is -0.146. The Kier molecular flexibility index (Phi) is 19.0. The molecule has 0 unspecified atom stereocenters. The highest BCUT2D eigenvalue weighted by Crippen LogP contribution is 2.27. The van der Waals surface area contributed by atoms with E-state index < -0.39 is 30.0 Å². The smallest absolute Gasteiger partial charge is 0.326 e. The van der Waals surface area contributed by atoms with Crippen molar-refractivity contribution in [3.05, 3.63) is 29.8 Å². The summed E-state index contributed by atoms with van der Waals surface area (Å²) in [6, 6.07) is 3.74. The number of phenols is 1. The van der Waals surface area contributed by atoms with Crippen LogP contribution in [-0.2, 0) is 30.4 Å². The average molecular weight is 698 g/mol. The number of unbranched alkanes of at least 4 members (excludes halogenated alkanes) is 14. The highest BCUT2D eigenvalue weighted by atomic mass is 16.4. The summed E-state index contributed by atoms with van der Waals surface area (Å²) in [5, 5.41) is 21.5. The zero-order valence-electron chi connectivity index (χ0n) is 30.5. The van der Waals surface area contributed by atoms with Crippen molar-refractivity contribution in [1.29, 1.82) is 0 Å². The van der Waals surface area contributed by atoms with Gasteiger partial charge in [-0.1, -0.05) is 109 Å². The van der Waals surface area contributed by atoms with E-state index in [1.54, 1.807) is 21.9 Å². The normalized spacial score (nSPS) is 17.9. The maximum absolute atomic E-state index is 13.7. The van der Waals surface area contributed by atoms with Crippen LogP contribution in [-0.4, -0.2) is 80.7 Å². The van der Waals surface area contributed by atoms with E-state index in [2.05, 4.69) is 12.2 Å². The summed E-state index contributed by atoms with van der Waals surface area (Å²) in [4.78, 5) is 67.7. The molecule has 2 heterocycles. The third kappa shape index (κ3) is 14.4. The van der Waals surface area contributed by atoms with Crippen LogP contribution in [0.4, 0.5) is 0 Å². The minimum atomic E-state index is -1.19. The fraction of sp³-hybridized carbons (Fsp3) is 0.725. The Morgan fingerprint density at radius 3 is 1.78 bits per heavy atom. The van der Waals surface area contributed by atoms with E-state index in [1.807, 2.05) is 0 Å². The fourth-order valence-electron chi connectivity index (χ4n) is 7.41. The third-order valence-electron chi connectivity index (χ3n) is 10.4. The molecule has 2 aliphatic rings. The van der Waals surface area contributed by atoms with Crippen LogP contribution in [0.2, 0.25) is 0 Å². The zero-order valence-corrected chi connectivity index (χ0v) is 30.5. The molecular formula is C40H63N3O7. The molecule has 2 saturated heterocycles. The van der Waals surface area contributed by atoms with Gasteiger partial charge in [0.25, 0.3) is 0 Å². The molecule has 1 aromatic carbocycles. The molecule has 0 bridgehead atoms. The number of benzene rings is 1. The molecule has 10 nitrogen and oxygen atoms in total. The molecule has 3 N–H and O–H groups in total. The van der Waals surface area contributed by atoms with Crippen LogP contribution in [0.15, 0.2) is 24.3 Å². The number of phenolic OH excluding ortho intramolecular Hbond substituents is 1. The highest BCUT2D eigenvalue weighted by molar-refractivity contribution is 5.95. The summed E-state index contributed by atoms with van der Waals surface area (Å²) >= 11 is 0. The molecule has 0 radical (unpaired) electrons. The quantitative estimate of drug-likeness (QED) is 0.0925. The standard InChI is InChI=1S/C40H63N3O7/c1-2-3-4-5-6-7-8-9-10-11-12-13-14-15-16-21-38(47)42-28-18-20-35(42)39(48)43-29-17-19-34(43)36(45)26-27-37(46)41-33(40(49)50)30-31-22-24-32(44)25-23-31/h22-25,33-35,44H,2-21,26-30H2,1H3,(H,41,46)(H,49,50)/t33-,34-,35-/m0/s1. The second-order valence-electron chi connectivity index (χ2n) is 14.4. The third-order valence-corrected chi connectivity index (χ3v) is 10.4. The van der Waals surface area contributed by atoms with Crippen LogP contribution in [0.1, 0.15) is 154 Å². The largest absolute Gasteiger partial charge is 0.508 e. The lowest BCUT2D eigenvalue weighted by atomic mass is 10.0. The van der Waals surface area contributed by atoms with Gasteiger partial charge >= 0.3 is 5.97 Å². The number of aromatic hydroxyl groups is 1. The van der Waals surface area contributed by atoms with Crippen LogP contribution in [0.5, 0.6) is 5.75 Å². The SMILES string of the molecule is CCCCCCCCCCCCCCCCCC(=O)N1CCC[C@H]1C(=O)N1CCC[C@H]1C(=O)CCC(=O)N[C@@H](Cc1ccc(O)cc1)C(=O)O. The van der Waals surface area contributed by atoms with E-state index in [1.165, 1.54) is 89.2 Å². The van der Waals surface area contributed by atoms with Gasteiger partial charge < -0.3 is 25.3 Å². The van der Waals surface area contributed by atoms with E-state index in [0.717, 1.165) is 25.7 Å². The molecule has 2 aliphatic heterocycles. The van der Waals surface area contributed by atoms with Crippen molar-refractivity contribution >= 4 is 29.5 Å². The summed E-state index contributed by atoms with van der Waals surface area (Å²) in [6.07, 6.45) is 21.8. The average Bonchev–Trinajstić information content (AvgIpc) is 3.80. The number of nitrogens with one attached hydrogen (secondary N) is 1. The number of Topliss-reactive ketones (excluding diaryl/α,β-unsaturated/α-hetero) is 1. The molecule has 0 spiro atoms. The molecule has 2 fully saturated rings. The molecule has 50 heavy (non-hydrogen) atoms. The van der Waals surface area contributed by atoms with Gasteiger partial charge in [0.15, 0.2) is 5.78 Å². The molecule has 3 atom stereocenters. The first kappa shape index (κ1) is 41.0. The number of rotatable bonds is 25. The predicted octanol–water partition coefficient (Wildman–Crippen LogP) is 7.10. The second-order valence-corrected chi connectivity index (χ2v) is 14.4. The van der Waals surface area contributed by atoms with Crippen LogP contribution < -0.4 is 5.32 Å². The van der Waals surface area contributed by atoms with Gasteiger partial charge in [0, 0.05) is 38.8 Å². The van der Waals surface area contributed by atoms with Gasteiger partial charge in [-0.15, -0.1) is 0 Å². The fourth-order valence-corrected chi connectivity index (χ4v) is 7.41. The topological polar surface area (TPSA) is 144 Å². The lowest BCUT2D eigenvalue weighted by Gasteiger charge is -2.31.